The Labute approximate surface area is 293 Å². The fourth-order valence-corrected chi connectivity index (χ4v) is 6.37. The molecule has 10 nitrogen and oxygen atoms in total. The molecule has 0 saturated carbocycles. The Balaban J connectivity index is 1.70. The van der Waals surface area contributed by atoms with Gasteiger partial charge in [0.25, 0.3) is 0 Å². The van der Waals surface area contributed by atoms with E-state index in [0.717, 1.165) is 61.5 Å². The summed E-state index contributed by atoms with van der Waals surface area (Å²) in [4.78, 5) is 7.01. The first-order valence-corrected chi connectivity index (χ1v) is 17.5. The van der Waals surface area contributed by atoms with Gasteiger partial charge in [-0.05, 0) is 87.1 Å². The third-order valence-corrected chi connectivity index (χ3v) is 9.46. The average molecular weight is 674 g/mol. The van der Waals surface area contributed by atoms with E-state index in [1.165, 1.54) is 0 Å². The van der Waals surface area contributed by atoms with Gasteiger partial charge in [0.1, 0.15) is 30.6 Å². The van der Waals surface area contributed by atoms with E-state index in [1.54, 1.807) is 14.2 Å². The molecule has 0 aliphatic carbocycles. The Morgan fingerprint density at radius 2 is 1.45 bits per heavy atom. The van der Waals surface area contributed by atoms with Gasteiger partial charge in [0.2, 0.25) is 5.88 Å². The minimum Gasteiger partial charge on any atom is -0.493 e. The van der Waals surface area contributed by atoms with Gasteiger partial charge in [-0.15, -0.1) is 0 Å². The molecule has 2 N–H and O–H groups in total. The van der Waals surface area contributed by atoms with Crippen LogP contribution in [-0.2, 0) is 4.74 Å². The molecule has 2 heterocycles. The summed E-state index contributed by atoms with van der Waals surface area (Å²) >= 11 is 0. The molecule has 2 aliphatic heterocycles. The molecule has 0 amide bonds. The summed E-state index contributed by atoms with van der Waals surface area (Å²) in [5.74, 6) is 3.06. The van der Waals surface area contributed by atoms with Crippen molar-refractivity contribution in [3.63, 3.8) is 0 Å². The molecule has 2 aromatic carbocycles. The van der Waals surface area contributed by atoms with Crippen molar-refractivity contribution in [3.05, 3.63) is 75.9 Å². The van der Waals surface area contributed by atoms with Crippen molar-refractivity contribution < 1.29 is 23.7 Å². The van der Waals surface area contributed by atoms with Gasteiger partial charge in [0.05, 0.1) is 20.1 Å². The lowest BCUT2D eigenvalue weighted by Gasteiger charge is -2.40. The summed E-state index contributed by atoms with van der Waals surface area (Å²) in [6.45, 7) is 20.9. The Bertz CT molecular complexity index is 1550. The molecule has 4 rings (SSSR count). The molecule has 1 atom stereocenters. The van der Waals surface area contributed by atoms with E-state index >= 15 is 0 Å². The number of ether oxygens (including phenoxy) is 5. The number of nitrogens with two attached hydrogens (primary N) is 1. The van der Waals surface area contributed by atoms with Crippen molar-refractivity contribution in [1.82, 2.24) is 14.7 Å². The largest absolute Gasteiger partial charge is 0.493 e. The number of likely N-dealkylation sites (N-methyl/N-ethyl adjacent to an activating group) is 2. The Morgan fingerprint density at radius 3 is 1.98 bits per heavy atom. The Hall–Kier alpha value is -4.17. The second-order valence-corrected chi connectivity index (χ2v) is 12.5. The molecule has 2 aliphatic rings. The summed E-state index contributed by atoms with van der Waals surface area (Å²) in [6.07, 6.45) is 2.11. The maximum atomic E-state index is 10.4. The summed E-state index contributed by atoms with van der Waals surface area (Å²) < 4.78 is 30.1. The summed E-state index contributed by atoms with van der Waals surface area (Å²) in [7, 11) is 3.29. The van der Waals surface area contributed by atoms with Crippen LogP contribution in [0.4, 0.5) is 0 Å². The Kier molecular flexibility index (Phi) is 13.8. The lowest BCUT2D eigenvalue weighted by atomic mass is 9.80. The highest BCUT2D eigenvalue weighted by molar-refractivity contribution is 5.65. The van der Waals surface area contributed by atoms with Gasteiger partial charge in [-0.3, -0.25) is 4.90 Å². The molecule has 0 radical (unpaired) electrons. The van der Waals surface area contributed by atoms with Gasteiger partial charge in [-0.2, -0.15) is 5.26 Å². The van der Waals surface area contributed by atoms with Gasteiger partial charge < -0.3 is 39.2 Å². The highest BCUT2D eigenvalue weighted by Crippen LogP contribution is 2.46. The third-order valence-electron chi connectivity index (χ3n) is 9.46. The third kappa shape index (κ3) is 9.09. The SMILES string of the molecule is CCN(CC)CCOc1ccc(/C=C2\CN(C(C)C)CC3=C2OC(N)=C(C#N)C3c2ccc(OCCN(CC)CC)c(OC)c2)cc1OC. The lowest BCUT2D eigenvalue weighted by Crippen LogP contribution is -2.41. The molecule has 49 heavy (non-hydrogen) atoms. The number of allylic oxidation sites excluding steroid dienone is 1. The van der Waals surface area contributed by atoms with E-state index in [9.17, 15) is 5.26 Å². The van der Waals surface area contributed by atoms with Gasteiger partial charge in [-0.25, -0.2) is 0 Å². The fraction of sp³-hybridized carbons (Fsp3) is 0.513. The number of methoxy groups -OCH3 is 2. The van der Waals surface area contributed by atoms with Crippen LogP contribution in [0.3, 0.4) is 0 Å². The number of nitriles is 1. The first-order chi connectivity index (χ1) is 23.7. The van der Waals surface area contributed by atoms with Crippen molar-refractivity contribution in [2.45, 2.75) is 53.5 Å². The van der Waals surface area contributed by atoms with E-state index in [4.69, 9.17) is 29.4 Å². The molecular formula is C39H55N5O5. The first-order valence-electron chi connectivity index (χ1n) is 17.5. The molecule has 266 valence electrons. The summed E-state index contributed by atoms with van der Waals surface area (Å²) in [6, 6.07) is 14.5. The monoisotopic (exact) mass is 673 g/mol. The molecule has 0 bridgehead atoms. The van der Waals surface area contributed by atoms with Crippen molar-refractivity contribution >= 4 is 6.08 Å². The predicted molar refractivity (Wildman–Crippen MR) is 195 cm³/mol. The van der Waals surface area contributed by atoms with Gasteiger partial charge >= 0.3 is 0 Å². The first kappa shape index (κ1) is 37.6. The number of hydrogen-bond donors (Lipinski definition) is 1. The van der Waals surface area contributed by atoms with Crippen molar-refractivity contribution in [2.75, 3.05) is 79.8 Å². The minimum absolute atomic E-state index is 0.114. The maximum Gasteiger partial charge on any atom is 0.205 e. The standard InChI is InChI=1S/C39H55N5O5/c1-9-42(10-2)17-19-47-33-15-13-28(22-35(33)45-7)21-30-25-44(27(5)6)26-32-37(31(24-40)39(41)49-38(30)32)29-14-16-34(36(23-29)46-8)48-20-18-43(11-3)12-4/h13-16,21-23,27,37H,9-12,17-20,25-26,41H2,1-8H3/b30-21+. The van der Waals surface area contributed by atoms with Gasteiger partial charge in [-0.1, -0.05) is 39.8 Å². The van der Waals surface area contributed by atoms with Crippen LogP contribution in [0.1, 0.15) is 58.6 Å². The zero-order chi connectivity index (χ0) is 35.5. The molecule has 0 spiro atoms. The fourth-order valence-electron chi connectivity index (χ4n) is 6.37. The lowest BCUT2D eigenvalue weighted by molar-refractivity contribution is 0.207. The van der Waals surface area contributed by atoms with Crippen LogP contribution < -0.4 is 24.7 Å². The maximum absolute atomic E-state index is 10.4. The molecular weight excluding hydrogens is 618 g/mol. The smallest absolute Gasteiger partial charge is 0.205 e. The average Bonchev–Trinajstić information content (AvgIpc) is 3.11. The van der Waals surface area contributed by atoms with E-state index < -0.39 is 5.92 Å². The minimum atomic E-state index is -0.409. The van der Waals surface area contributed by atoms with E-state index in [1.807, 2.05) is 36.4 Å². The second kappa shape index (κ2) is 18.0. The molecule has 2 aromatic rings. The van der Waals surface area contributed by atoms with Crippen LogP contribution in [-0.4, -0.2) is 101 Å². The highest BCUT2D eigenvalue weighted by Gasteiger charge is 2.38. The number of benzene rings is 2. The van der Waals surface area contributed by atoms with Crippen LogP contribution in [0.2, 0.25) is 0 Å². The quantitative estimate of drug-likeness (QED) is 0.215. The molecule has 10 heteroatoms. The van der Waals surface area contributed by atoms with Crippen molar-refractivity contribution in [2.24, 2.45) is 5.73 Å². The molecule has 0 aromatic heterocycles. The van der Waals surface area contributed by atoms with Crippen LogP contribution in [0, 0.1) is 11.3 Å². The van der Waals surface area contributed by atoms with E-state index in [0.29, 0.717) is 60.6 Å². The predicted octanol–water partition coefficient (Wildman–Crippen LogP) is 6.01. The van der Waals surface area contributed by atoms with Crippen LogP contribution in [0.15, 0.2) is 64.8 Å². The topological polar surface area (TPSA) is 106 Å². The van der Waals surface area contributed by atoms with E-state index in [2.05, 4.69) is 68.4 Å². The van der Waals surface area contributed by atoms with E-state index in [-0.39, 0.29) is 11.9 Å². The number of nitrogens with zero attached hydrogens (tertiary/aromatic N) is 4. The zero-order valence-electron chi connectivity index (χ0n) is 30.7. The normalized spacial score (nSPS) is 17.4. The van der Waals surface area contributed by atoms with Gasteiger partial charge in [0, 0.05) is 37.8 Å². The zero-order valence-corrected chi connectivity index (χ0v) is 30.7. The molecule has 1 unspecified atom stereocenters. The highest BCUT2D eigenvalue weighted by atomic mass is 16.5. The summed E-state index contributed by atoms with van der Waals surface area (Å²) in [5.41, 5.74) is 10.7. The number of rotatable bonds is 17. The van der Waals surface area contributed by atoms with Crippen molar-refractivity contribution in [1.29, 1.82) is 5.26 Å². The number of hydrogen-bond acceptors (Lipinski definition) is 10. The van der Waals surface area contributed by atoms with Crippen LogP contribution in [0.25, 0.3) is 6.08 Å². The molecule has 0 fully saturated rings. The van der Waals surface area contributed by atoms with Gasteiger partial charge in [0.15, 0.2) is 23.0 Å². The second-order valence-electron chi connectivity index (χ2n) is 12.5. The van der Waals surface area contributed by atoms with Crippen LogP contribution >= 0.6 is 0 Å². The van der Waals surface area contributed by atoms with Crippen molar-refractivity contribution in [3.8, 4) is 29.1 Å². The van der Waals surface area contributed by atoms with Crippen LogP contribution in [0.5, 0.6) is 23.0 Å². The molecule has 0 saturated heterocycles. The summed E-state index contributed by atoms with van der Waals surface area (Å²) in [5, 5.41) is 10.4. The Morgan fingerprint density at radius 1 is 0.878 bits per heavy atom.